The van der Waals surface area contributed by atoms with Gasteiger partial charge < -0.3 is 28.9 Å². The predicted octanol–water partition coefficient (Wildman–Crippen LogP) is 5.26. The lowest BCUT2D eigenvalue weighted by Crippen LogP contribution is -2.50. The number of fused-ring (bicyclic) bond motifs is 3. The molecule has 1 amide bonds. The van der Waals surface area contributed by atoms with Crippen molar-refractivity contribution >= 4 is 50.3 Å². The molecule has 9 nitrogen and oxygen atoms in total. The fourth-order valence-corrected chi connectivity index (χ4v) is 6.31. The molecular weight excluding hydrogens is 574 g/mol. The number of likely N-dealkylation sites (tertiary alicyclic amines) is 2. The zero-order valence-corrected chi connectivity index (χ0v) is 24.7. The first-order valence-corrected chi connectivity index (χ1v) is 14.7. The summed E-state index contributed by atoms with van der Waals surface area (Å²) >= 11 is 10.3. The fourth-order valence-electron chi connectivity index (χ4n) is 5.72. The Bertz CT molecular complexity index is 1250. The number of benzene rings is 1. The van der Waals surface area contributed by atoms with Crippen molar-refractivity contribution in [1.29, 1.82) is 0 Å². The highest BCUT2D eigenvalue weighted by Crippen LogP contribution is 2.46. The average Bonchev–Trinajstić information content (AvgIpc) is 3.23. The van der Waals surface area contributed by atoms with Gasteiger partial charge in [-0.1, -0.05) is 11.6 Å². The maximum atomic E-state index is 12.8. The van der Waals surface area contributed by atoms with Crippen LogP contribution in [0.2, 0.25) is 5.02 Å². The van der Waals surface area contributed by atoms with Gasteiger partial charge in [-0.3, -0.25) is 0 Å². The van der Waals surface area contributed by atoms with Crippen molar-refractivity contribution in [3.8, 4) is 11.8 Å². The Balaban J connectivity index is 1.34. The third-order valence-corrected chi connectivity index (χ3v) is 9.14. The van der Waals surface area contributed by atoms with Crippen molar-refractivity contribution in [3.05, 3.63) is 15.6 Å². The summed E-state index contributed by atoms with van der Waals surface area (Å²) < 4.78 is 18.9. The van der Waals surface area contributed by atoms with Gasteiger partial charge in [-0.2, -0.15) is 9.97 Å². The number of hydrogen-bond acceptors (Lipinski definition) is 8. The molecule has 4 aliphatic rings. The SMILES string of the molecule is CN1CCC[C@H]1COc1nc(N2CC3CC2CN3C(=O)OC(C)(C)C)c2cc(Cl)c(Br)c(OC3CC3)c2n1. The van der Waals surface area contributed by atoms with Gasteiger partial charge in [0.1, 0.15) is 23.5 Å². The number of anilines is 1. The van der Waals surface area contributed by atoms with Crippen LogP contribution in [0.3, 0.4) is 0 Å². The second-order valence-corrected chi connectivity index (χ2v) is 13.2. The number of ether oxygens (including phenoxy) is 3. The van der Waals surface area contributed by atoms with E-state index in [9.17, 15) is 4.79 Å². The summed E-state index contributed by atoms with van der Waals surface area (Å²) in [6, 6.07) is 2.78. The highest BCUT2D eigenvalue weighted by Gasteiger charge is 2.47. The lowest BCUT2D eigenvalue weighted by molar-refractivity contribution is 0.0214. The van der Waals surface area contributed by atoms with Crippen LogP contribution in [-0.4, -0.2) is 89.0 Å². The molecule has 2 aromatic rings. The topological polar surface area (TPSA) is 80.3 Å². The maximum absolute atomic E-state index is 12.8. The average molecular weight is 609 g/mol. The molecule has 0 radical (unpaired) electrons. The van der Waals surface area contributed by atoms with Crippen LogP contribution in [-0.2, 0) is 4.74 Å². The minimum atomic E-state index is -0.525. The Morgan fingerprint density at radius 3 is 2.61 bits per heavy atom. The maximum Gasteiger partial charge on any atom is 0.410 e. The standard InChI is InChI=1S/C27H35BrClN5O4/c1-27(2,3)38-26(35)34-13-16-10-17(34)12-33(16)24-19-11-20(29)21(28)23(37-18-7-8-18)22(19)30-25(31-24)36-14-15-6-5-9-32(15)4/h11,15-18H,5-10,12-14H2,1-4H3/t15-,16?,17?/m0/s1. The second-order valence-electron chi connectivity index (χ2n) is 12.0. The van der Waals surface area contributed by atoms with E-state index in [4.69, 9.17) is 35.8 Å². The third-order valence-electron chi connectivity index (χ3n) is 7.83. The number of rotatable bonds is 6. The molecule has 1 aromatic carbocycles. The van der Waals surface area contributed by atoms with Gasteiger partial charge in [-0.15, -0.1) is 0 Å². The third kappa shape index (κ3) is 5.11. The molecule has 2 unspecified atom stereocenters. The highest BCUT2D eigenvalue weighted by atomic mass is 79.9. The molecule has 1 aliphatic carbocycles. The Kier molecular flexibility index (Phi) is 6.79. The van der Waals surface area contributed by atoms with E-state index in [-0.39, 0.29) is 24.3 Å². The highest BCUT2D eigenvalue weighted by molar-refractivity contribution is 9.10. The van der Waals surface area contributed by atoms with Gasteiger partial charge in [-0.05, 0) is 88.5 Å². The number of piperazine rings is 1. The van der Waals surface area contributed by atoms with Gasteiger partial charge in [0, 0.05) is 24.5 Å². The lowest BCUT2D eigenvalue weighted by Gasteiger charge is -2.36. The van der Waals surface area contributed by atoms with Crippen LogP contribution in [0.5, 0.6) is 11.8 Å². The minimum Gasteiger partial charge on any atom is -0.487 e. The van der Waals surface area contributed by atoms with Gasteiger partial charge in [0.05, 0.1) is 27.7 Å². The van der Waals surface area contributed by atoms with Gasteiger partial charge >= 0.3 is 12.1 Å². The van der Waals surface area contributed by atoms with Crippen LogP contribution in [0, 0.1) is 0 Å². The summed E-state index contributed by atoms with van der Waals surface area (Å²) in [6.07, 6.45) is 5.10. The Morgan fingerprint density at radius 1 is 1.18 bits per heavy atom. The molecule has 0 N–H and O–H groups in total. The van der Waals surface area contributed by atoms with Crippen LogP contribution >= 0.6 is 27.5 Å². The summed E-state index contributed by atoms with van der Waals surface area (Å²) in [6.45, 7) is 8.55. The van der Waals surface area contributed by atoms with Crippen LogP contribution in [0.1, 0.15) is 52.9 Å². The van der Waals surface area contributed by atoms with Crippen LogP contribution < -0.4 is 14.4 Å². The minimum absolute atomic E-state index is 0.0597. The number of aromatic nitrogens is 2. The Hall–Kier alpha value is -2.04. The van der Waals surface area contributed by atoms with Crippen LogP contribution in [0.25, 0.3) is 10.9 Å². The van der Waals surface area contributed by atoms with E-state index in [1.54, 1.807) is 0 Å². The van der Waals surface area contributed by atoms with Gasteiger partial charge in [0.2, 0.25) is 0 Å². The van der Waals surface area contributed by atoms with Crippen molar-refractivity contribution in [2.75, 3.05) is 38.2 Å². The Labute approximate surface area is 236 Å². The van der Waals surface area contributed by atoms with Gasteiger partial charge in [0.25, 0.3) is 0 Å². The lowest BCUT2D eigenvalue weighted by atomic mass is 10.2. The molecule has 0 spiro atoms. The molecule has 4 heterocycles. The van der Waals surface area contributed by atoms with Gasteiger partial charge in [0.15, 0.2) is 5.75 Å². The first-order chi connectivity index (χ1) is 18.1. The predicted molar refractivity (Wildman–Crippen MR) is 150 cm³/mol. The van der Waals surface area contributed by atoms with E-state index in [2.05, 4.69) is 32.8 Å². The van der Waals surface area contributed by atoms with Crippen LogP contribution in [0.15, 0.2) is 10.5 Å². The van der Waals surface area contributed by atoms with Crippen molar-refractivity contribution < 1.29 is 19.0 Å². The van der Waals surface area contributed by atoms with Crippen molar-refractivity contribution in [1.82, 2.24) is 19.8 Å². The number of nitrogens with zero attached hydrogens (tertiary/aromatic N) is 5. The summed E-state index contributed by atoms with van der Waals surface area (Å²) in [4.78, 5) is 29.1. The molecule has 3 aliphatic heterocycles. The zero-order valence-electron chi connectivity index (χ0n) is 22.4. The van der Waals surface area contributed by atoms with E-state index in [0.29, 0.717) is 52.5 Å². The molecule has 4 fully saturated rings. The first-order valence-electron chi connectivity index (χ1n) is 13.5. The fraction of sp³-hybridized carbons (Fsp3) is 0.667. The molecule has 6 rings (SSSR count). The molecule has 11 heteroatoms. The normalized spacial score (nSPS) is 25.5. The first kappa shape index (κ1) is 26.2. The number of hydrogen-bond donors (Lipinski definition) is 0. The summed E-state index contributed by atoms with van der Waals surface area (Å²) in [7, 11) is 2.13. The quantitative estimate of drug-likeness (QED) is 0.440. The summed E-state index contributed by atoms with van der Waals surface area (Å²) in [5.74, 6) is 1.41. The molecule has 1 saturated carbocycles. The van der Waals surface area contributed by atoms with E-state index in [1.165, 1.54) is 6.42 Å². The molecule has 2 bridgehead atoms. The van der Waals surface area contributed by atoms with E-state index < -0.39 is 5.60 Å². The van der Waals surface area contributed by atoms with Crippen molar-refractivity contribution in [2.45, 2.75) is 82.7 Å². The molecule has 1 aromatic heterocycles. The molecule has 3 saturated heterocycles. The number of carbonyl (C=O) groups excluding carboxylic acids is 1. The van der Waals surface area contributed by atoms with E-state index in [0.717, 1.165) is 43.4 Å². The molecule has 3 atom stereocenters. The number of carbonyl (C=O) groups is 1. The molecule has 38 heavy (non-hydrogen) atoms. The van der Waals surface area contributed by atoms with E-state index >= 15 is 0 Å². The smallest absolute Gasteiger partial charge is 0.410 e. The molecular formula is C27H35BrClN5O4. The molecule has 206 valence electrons. The van der Waals surface area contributed by atoms with E-state index in [1.807, 2.05) is 31.7 Å². The van der Waals surface area contributed by atoms with Crippen LogP contribution in [0.4, 0.5) is 10.6 Å². The largest absolute Gasteiger partial charge is 0.487 e. The summed E-state index contributed by atoms with van der Waals surface area (Å²) in [5, 5.41) is 1.38. The number of likely N-dealkylation sites (N-methyl/N-ethyl adjacent to an activating group) is 1. The zero-order chi connectivity index (χ0) is 26.8. The van der Waals surface area contributed by atoms with Gasteiger partial charge in [-0.25, -0.2) is 4.79 Å². The second kappa shape index (κ2) is 9.86. The number of amides is 1. The monoisotopic (exact) mass is 607 g/mol. The summed E-state index contributed by atoms with van der Waals surface area (Å²) in [5.41, 5.74) is 0.170. The Morgan fingerprint density at radius 2 is 1.97 bits per heavy atom. The van der Waals surface area contributed by atoms with Crippen molar-refractivity contribution in [2.24, 2.45) is 0 Å². The number of halogens is 2. The van der Waals surface area contributed by atoms with Crippen molar-refractivity contribution in [3.63, 3.8) is 0 Å².